The highest BCUT2D eigenvalue weighted by atomic mass is 16.5. The second kappa shape index (κ2) is 6.33. The maximum atomic E-state index is 13.0. The van der Waals surface area contributed by atoms with Crippen LogP contribution in [-0.4, -0.2) is 45.3 Å². The van der Waals surface area contributed by atoms with Gasteiger partial charge in [0.2, 0.25) is 11.8 Å². The number of anilines is 1. The lowest BCUT2D eigenvalue weighted by atomic mass is 9.52. The molecule has 5 aliphatic carbocycles. The molecular formula is C20H28N4O3. The fourth-order valence-corrected chi connectivity index (χ4v) is 5.69. The van der Waals surface area contributed by atoms with Crippen molar-refractivity contribution in [2.24, 2.45) is 17.8 Å². The van der Waals surface area contributed by atoms with Crippen molar-refractivity contribution in [3.8, 4) is 5.88 Å². The molecule has 1 aromatic rings. The van der Waals surface area contributed by atoms with Gasteiger partial charge in [0.05, 0.1) is 12.2 Å². The molecule has 5 fully saturated rings. The maximum Gasteiger partial charge on any atom is 0.258 e. The first-order valence-electron chi connectivity index (χ1n) is 10.3. The summed E-state index contributed by atoms with van der Waals surface area (Å²) in [6, 6.07) is 0.575. The van der Waals surface area contributed by atoms with E-state index in [0.29, 0.717) is 47.8 Å². The smallest absolute Gasteiger partial charge is 0.258 e. The van der Waals surface area contributed by atoms with Crippen molar-refractivity contribution in [2.75, 3.05) is 11.9 Å². The molecule has 146 valence electrons. The molecule has 0 radical (unpaired) electrons. The van der Waals surface area contributed by atoms with Gasteiger partial charge in [-0.3, -0.25) is 4.79 Å². The lowest BCUT2D eigenvalue weighted by Gasteiger charge is -2.58. The van der Waals surface area contributed by atoms with E-state index >= 15 is 0 Å². The Kier molecular flexibility index (Phi) is 4.04. The van der Waals surface area contributed by atoms with Gasteiger partial charge < -0.3 is 20.5 Å². The number of nitrogens with one attached hydrogen (secondary N) is 2. The highest BCUT2D eigenvalue weighted by molar-refractivity contribution is 5.96. The molecule has 0 saturated heterocycles. The largest absolute Gasteiger partial charge is 0.477 e. The second-order valence-corrected chi connectivity index (χ2v) is 8.96. The van der Waals surface area contributed by atoms with Crippen molar-refractivity contribution in [2.45, 2.75) is 69.6 Å². The molecule has 5 aliphatic rings. The van der Waals surface area contributed by atoms with Crippen LogP contribution in [0.15, 0.2) is 6.20 Å². The van der Waals surface area contributed by atoms with E-state index in [0.717, 1.165) is 44.9 Å². The van der Waals surface area contributed by atoms with Crippen molar-refractivity contribution < 1.29 is 14.6 Å². The Labute approximate surface area is 159 Å². The highest BCUT2D eigenvalue weighted by Gasteiger charge is 2.55. The van der Waals surface area contributed by atoms with Gasteiger partial charge in [0.15, 0.2) is 0 Å². The lowest BCUT2D eigenvalue weighted by Crippen LogP contribution is -2.61. The fraction of sp³-hybridized carbons (Fsp3) is 0.750. The highest BCUT2D eigenvalue weighted by Crippen LogP contribution is 2.55. The maximum absolute atomic E-state index is 13.0. The summed E-state index contributed by atoms with van der Waals surface area (Å²) in [6.07, 6.45) is 8.63. The van der Waals surface area contributed by atoms with Crippen LogP contribution < -0.4 is 15.4 Å². The molecule has 3 N–H and O–H groups in total. The van der Waals surface area contributed by atoms with Gasteiger partial charge in [-0.15, -0.1) is 0 Å². The average molecular weight is 372 g/mol. The van der Waals surface area contributed by atoms with Crippen LogP contribution in [0.25, 0.3) is 0 Å². The van der Waals surface area contributed by atoms with E-state index in [1.807, 2.05) is 6.92 Å². The van der Waals surface area contributed by atoms with Crippen LogP contribution in [0.1, 0.15) is 62.2 Å². The fourth-order valence-electron chi connectivity index (χ4n) is 5.69. The topological polar surface area (TPSA) is 96.4 Å². The Bertz CT molecular complexity index is 735. The summed E-state index contributed by atoms with van der Waals surface area (Å²) in [4.78, 5) is 21.7. The minimum atomic E-state index is -0.493. The van der Waals surface area contributed by atoms with Gasteiger partial charge in [-0.25, -0.2) is 4.98 Å². The SMILES string of the molecule is CCOc1nc(NC2CC2)ncc1C(=O)N[C@H]1C2CC3CC1C[C@@](O)(C3)C2. The number of ether oxygens (including phenoxy) is 1. The monoisotopic (exact) mass is 372 g/mol. The standard InChI is InChI=1S/C20H28N4O3/c1-2-27-18-15(10-21-19(24-18)22-14-3-4-14)17(25)23-16-12-5-11-6-13(16)9-20(26,7-11)8-12/h10-14,16,26H,2-9H2,1H3,(H,23,25)(H,21,22,24)/t11?,12?,13?,16-,20+. The first-order valence-corrected chi connectivity index (χ1v) is 10.3. The molecule has 2 unspecified atom stereocenters. The normalized spacial score (nSPS) is 36.5. The zero-order valence-electron chi connectivity index (χ0n) is 15.8. The minimum Gasteiger partial charge on any atom is -0.477 e. The number of hydrogen-bond acceptors (Lipinski definition) is 6. The molecule has 7 heteroatoms. The Morgan fingerprint density at radius 1 is 1.30 bits per heavy atom. The zero-order chi connectivity index (χ0) is 18.6. The summed E-state index contributed by atoms with van der Waals surface area (Å²) in [5.41, 5.74) is -0.0984. The number of hydrogen-bond donors (Lipinski definition) is 3. The molecule has 2 atom stereocenters. The summed E-state index contributed by atoms with van der Waals surface area (Å²) >= 11 is 0. The Morgan fingerprint density at radius 3 is 2.67 bits per heavy atom. The molecule has 0 aliphatic heterocycles. The molecular weight excluding hydrogens is 344 g/mol. The van der Waals surface area contributed by atoms with Gasteiger partial charge in [-0.1, -0.05) is 0 Å². The first kappa shape index (κ1) is 17.2. The molecule has 5 saturated carbocycles. The first-order chi connectivity index (χ1) is 13.0. The molecule has 0 aromatic carbocycles. The summed E-state index contributed by atoms with van der Waals surface area (Å²) < 4.78 is 5.63. The van der Waals surface area contributed by atoms with Crippen molar-refractivity contribution in [1.29, 1.82) is 0 Å². The van der Waals surface area contributed by atoms with Gasteiger partial charge in [0, 0.05) is 18.3 Å². The number of carbonyl (C=O) groups is 1. The second-order valence-electron chi connectivity index (χ2n) is 8.96. The quantitative estimate of drug-likeness (QED) is 0.708. The molecule has 1 heterocycles. The zero-order valence-corrected chi connectivity index (χ0v) is 15.8. The van der Waals surface area contributed by atoms with Gasteiger partial charge in [-0.2, -0.15) is 4.98 Å². The van der Waals surface area contributed by atoms with Crippen molar-refractivity contribution >= 4 is 11.9 Å². The number of carbonyl (C=O) groups excluding carboxylic acids is 1. The number of rotatable bonds is 6. The van der Waals surface area contributed by atoms with Gasteiger partial charge in [0.25, 0.3) is 5.91 Å². The number of nitrogens with zero attached hydrogens (tertiary/aromatic N) is 2. The summed E-state index contributed by atoms with van der Waals surface area (Å²) in [5, 5.41) is 17.2. The molecule has 6 rings (SSSR count). The van der Waals surface area contributed by atoms with Crippen molar-refractivity contribution in [1.82, 2.24) is 15.3 Å². The molecule has 1 aromatic heterocycles. The van der Waals surface area contributed by atoms with Gasteiger partial charge >= 0.3 is 0 Å². The summed E-state index contributed by atoms with van der Waals surface area (Å²) in [5.74, 6) is 2.07. The Morgan fingerprint density at radius 2 is 2.04 bits per heavy atom. The molecule has 1 amide bonds. The van der Waals surface area contributed by atoms with Crippen LogP contribution in [0.2, 0.25) is 0 Å². The van der Waals surface area contributed by atoms with E-state index in [9.17, 15) is 9.90 Å². The van der Waals surface area contributed by atoms with E-state index in [1.54, 1.807) is 6.20 Å². The van der Waals surface area contributed by atoms with Crippen LogP contribution in [0.5, 0.6) is 5.88 Å². The van der Waals surface area contributed by atoms with Crippen LogP contribution in [0.3, 0.4) is 0 Å². The minimum absolute atomic E-state index is 0.132. The van der Waals surface area contributed by atoms with Crippen LogP contribution in [0.4, 0.5) is 5.95 Å². The Hall–Kier alpha value is -1.89. The molecule has 7 nitrogen and oxygen atoms in total. The van der Waals surface area contributed by atoms with Gasteiger partial charge in [-0.05, 0) is 69.6 Å². The van der Waals surface area contributed by atoms with E-state index in [-0.39, 0.29) is 11.9 Å². The predicted molar refractivity (Wildman–Crippen MR) is 99.6 cm³/mol. The van der Waals surface area contributed by atoms with E-state index in [1.165, 1.54) is 0 Å². The summed E-state index contributed by atoms with van der Waals surface area (Å²) in [7, 11) is 0. The van der Waals surface area contributed by atoms with Gasteiger partial charge in [0.1, 0.15) is 5.56 Å². The molecule has 27 heavy (non-hydrogen) atoms. The Balaban J connectivity index is 1.33. The van der Waals surface area contributed by atoms with Crippen molar-refractivity contribution in [3.05, 3.63) is 11.8 Å². The number of amides is 1. The van der Waals surface area contributed by atoms with Crippen molar-refractivity contribution in [3.63, 3.8) is 0 Å². The lowest BCUT2D eigenvalue weighted by molar-refractivity contribution is -0.136. The third-order valence-electron chi connectivity index (χ3n) is 6.73. The number of aromatic nitrogens is 2. The van der Waals surface area contributed by atoms with Crippen LogP contribution >= 0.6 is 0 Å². The predicted octanol–water partition coefficient (Wildman–Crippen LogP) is 2.12. The van der Waals surface area contributed by atoms with E-state index in [4.69, 9.17) is 4.74 Å². The molecule has 4 bridgehead atoms. The number of aliphatic hydroxyl groups is 1. The van der Waals surface area contributed by atoms with Crippen LogP contribution in [0, 0.1) is 17.8 Å². The molecule has 0 spiro atoms. The average Bonchev–Trinajstić information content (AvgIpc) is 3.41. The van der Waals surface area contributed by atoms with E-state index < -0.39 is 5.60 Å². The van der Waals surface area contributed by atoms with Crippen LogP contribution in [-0.2, 0) is 0 Å². The van der Waals surface area contributed by atoms with E-state index in [2.05, 4.69) is 20.6 Å². The third kappa shape index (κ3) is 3.26. The summed E-state index contributed by atoms with van der Waals surface area (Å²) in [6.45, 7) is 2.33. The third-order valence-corrected chi connectivity index (χ3v) is 6.73.